The van der Waals surface area contributed by atoms with Crippen molar-refractivity contribution >= 4 is 40.9 Å². The highest BCUT2D eigenvalue weighted by atomic mass is 35.5. The van der Waals surface area contributed by atoms with Gasteiger partial charge in [-0.05, 0) is 50.8 Å². The number of rotatable bonds is 4. The van der Waals surface area contributed by atoms with Crippen LogP contribution in [-0.4, -0.2) is 43.9 Å². The highest BCUT2D eigenvalue weighted by molar-refractivity contribution is 8.00. The van der Waals surface area contributed by atoms with Crippen molar-refractivity contribution < 1.29 is 4.79 Å². The van der Waals surface area contributed by atoms with E-state index in [9.17, 15) is 4.79 Å². The zero-order chi connectivity index (χ0) is 20.4. The Morgan fingerprint density at radius 3 is 2.90 bits per heavy atom. The molecule has 0 saturated carbocycles. The van der Waals surface area contributed by atoms with Crippen LogP contribution >= 0.6 is 35.0 Å². The van der Waals surface area contributed by atoms with Gasteiger partial charge in [-0.3, -0.25) is 4.79 Å². The average Bonchev–Trinajstić information content (AvgIpc) is 2.98. The second kappa shape index (κ2) is 9.27. The molecule has 1 aromatic heterocycles. The minimum absolute atomic E-state index is 0.145. The van der Waals surface area contributed by atoms with E-state index in [1.165, 1.54) is 31.0 Å². The third kappa shape index (κ3) is 4.75. The second-order valence-electron chi connectivity index (χ2n) is 7.89. The lowest BCUT2D eigenvalue weighted by Gasteiger charge is -2.34. The molecular weight excluding hydrogens is 427 g/mol. The van der Waals surface area contributed by atoms with Gasteiger partial charge in [0.25, 0.3) is 0 Å². The van der Waals surface area contributed by atoms with Gasteiger partial charge in [-0.1, -0.05) is 29.6 Å². The Morgan fingerprint density at radius 1 is 1.17 bits per heavy atom. The minimum atomic E-state index is -0.222. The summed E-state index contributed by atoms with van der Waals surface area (Å²) in [7, 11) is 0. The summed E-state index contributed by atoms with van der Waals surface area (Å²) in [6.45, 7) is 4.45. The second-order valence-corrected chi connectivity index (χ2v) is 10.1. The molecule has 0 radical (unpaired) electrons. The number of nitrogens with zero attached hydrogens (tertiary/aromatic N) is 4. The summed E-state index contributed by atoms with van der Waals surface area (Å²) in [5, 5.41) is 10.0. The number of carbonyl (C=O) groups excluding carboxylic acids is 1. The molecule has 4 rings (SSSR count). The molecule has 2 unspecified atom stereocenters. The maximum atomic E-state index is 13.1. The minimum Gasteiger partial charge on any atom is -0.341 e. The molecule has 0 N–H and O–H groups in total. The molecule has 1 saturated heterocycles. The molecule has 0 bridgehead atoms. The predicted octanol–water partition coefficient (Wildman–Crippen LogP) is 5.20. The van der Waals surface area contributed by atoms with E-state index in [2.05, 4.69) is 14.8 Å². The average molecular weight is 453 g/mol. The van der Waals surface area contributed by atoms with Gasteiger partial charge in [-0.25, -0.2) is 0 Å². The molecule has 29 heavy (non-hydrogen) atoms. The Morgan fingerprint density at radius 2 is 2.03 bits per heavy atom. The molecule has 1 fully saturated rings. The first-order valence-electron chi connectivity index (χ1n) is 10.4. The van der Waals surface area contributed by atoms with Crippen LogP contribution < -0.4 is 0 Å². The largest absolute Gasteiger partial charge is 0.341 e. The van der Waals surface area contributed by atoms with Crippen LogP contribution in [0.25, 0.3) is 0 Å². The van der Waals surface area contributed by atoms with Crippen molar-refractivity contribution in [3.8, 4) is 0 Å². The van der Waals surface area contributed by atoms with Crippen LogP contribution in [0.2, 0.25) is 10.0 Å². The molecule has 1 aromatic carbocycles. The van der Waals surface area contributed by atoms with Gasteiger partial charge in [0.15, 0.2) is 0 Å². The van der Waals surface area contributed by atoms with Crippen molar-refractivity contribution in [1.82, 2.24) is 19.7 Å². The van der Waals surface area contributed by atoms with E-state index in [4.69, 9.17) is 23.2 Å². The first-order chi connectivity index (χ1) is 14.0. The summed E-state index contributed by atoms with van der Waals surface area (Å²) in [5.74, 6) is 2.59. The number of piperidine rings is 1. The fourth-order valence-electron chi connectivity index (χ4n) is 4.26. The van der Waals surface area contributed by atoms with Crippen molar-refractivity contribution in [2.75, 3.05) is 13.1 Å². The zero-order valence-electron chi connectivity index (χ0n) is 16.6. The van der Waals surface area contributed by atoms with Gasteiger partial charge >= 0.3 is 0 Å². The number of aryl methyl sites for hydroxylation is 1. The number of aromatic nitrogens is 3. The van der Waals surface area contributed by atoms with E-state index in [-0.39, 0.29) is 17.1 Å². The maximum Gasteiger partial charge on any atom is 0.235 e. The highest BCUT2D eigenvalue weighted by Crippen LogP contribution is 2.34. The fourth-order valence-corrected chi connectivity index (χ4v) is 5.76. The van der Waals surface area contributed by atoms with Gasteiger partial charge < -0.3 is 9.47 Å². The third-order valence-corrected chi connectivity index (χ3v) is 7.60. The quantitative estimate of drug-likeness (QED) is 0.598. The predicted molar refractivity (Wildman–Crippen MR) is 118 cm³/mol. The van der Waals surface area contributed by atoms with E-state index in [1.54, 1.807) is 12.1 Å². The number of hydrogen-bond donors (Lipinski definition) is 0. The van der Waals surface area contributed by atoms with Crippen molar-refractivity contribution in [2.45, 2.75) is 68.1 Å². The van der Waals surface area contributed by atoms with Crippen molar-refractivity contribution in [1.29, 1.82) is 0 Å². The van der Waals surface area contributed by atoms with Crippen LogP contribution in [0.4, 0.5) is 0 Å². The van der Waals surface area contributed by atoms with Gasteiger partial charge in [-0.15, -0.1) is 22.0 Å². The monoisotopic (exact) mass is 452 g/mol. The van der Waals surface area contributed by atoms with E-state index in [1.807, 2.05) is 17.9 Å². The van der Waals surface area contributed by atoms with Crippen molar-refractivity contribution in [2.24, 2.45) is 0 Å². The molecule has 3 heterocycles. The van der Waals surface area contributed by atoms with Crippen LogP contribution in [0, 0.1) is 0 Å². The number of halogens is 2. The smallest absolute Gasteiger partial charge is 0.235 e. The third-order valence-electron chi connectivity index (χ3n) is 5.78. The van der Waals surface area contributed by atoms with E-state index in [0.717, 1.165) is 48.9 Å². The topological polar surface area (TPSA) is 51.0 Å². The Labute approximate surface area is 186 Å². The van der Waals surface area contributed by atoms with Crippen LogP contribution in [0.3, 0.4) is 0 Å². The molecule has 8 heteroatoms. The lowest BCUT2D eigenvalue weighted by atomic mass is 9.96. The van der Waals surface area contributed by atoms with Gasteiger partial charge in [0.1, 0.15) is 11.6 Å². The lowest BCUT2D eigenvalue weighted by molar-refractivity contribution is -0.131. The van der Waals surface area contributed by atoms with Gasteiger partial charge in [0, 0.05) is 41.9 Å². The fraction of sp³-hybridized carbons (Fsp3) is 0.571. The van der Waals surface area contributed by atoms with Crippen molar-refractivity contribution in [3.63, 3.8) is 0 Å². The summed E-state index contributed by atoms with van der Waals surface area (Å²) < 4.78 is 2.32. The summed E-state index contributed by atoms with van der Waals surface area (Å²) >= 11 is 13.8. The maximum absolute atomic E-state index is 13.1. The number of likely N-dealkylation sites (tertiary alicyclic amines) is 1. The molecule has 2 aliphatic rings. The zero-order valence-corrected chi connectivity index (χ0v) is 18.9. The molecule has 2 atom stereocenters. The molecule has 0 aliphatic carbocycles. The standard InChI is InChI=1S/C21H26Cl2N4OS/c1-14(29-18-12-16(22)8-9-17(18)23)21(28)26-10-5-6-15(13-26)20-25-24-19-7-3-2-4-11-27(19)20/h8-9,12,14-15H,2-7,10-11,13H2,1H3. The molecule has 2 aliphatic heterocycles. The van der Waals surface area contributed by atoms with Gasteiger partial charge in [0.2, 0.25) is 5.91 Å². The molecule has 5 nitrogen and oxygen atoms in total. The highest BCUT2D eigenvalue weighted by Gasteiger charge is 2.31. The first-order valence-corrected chi connectivity index (χ1v) is 12.0. The van der Waals surface area contributed by atoms with Crippen LogP contribution in [0.5, 0.6) is 0 Å². The summed E-state index contributed by atoms with van der Waals surface area (Å²) in [6, 6.07) is 5.36. The van der Waals surface area contributed by atoms with Crippen LogP contribution in [0.15, 0.2) is 23.1 Å². The lowest BCUT2D eigenvalue weighted by Crippen LogP contribution is -2.43. The van der Waals surface area contributed by atoms with Gasteiger partial charge in [0.05, 0.1) is 10.3 Å². The number of carbonyl (C=O) groups is 1. The van der Waals surface area contributed by atoms with Gasteiger partial charge in [-0.2, -0.15) is 0 Å². The summed E-state index contributed by atoms with van der Waals surface area (Å²) in [6.07, 6.45) is 6.68. The number of hydrogen-bond acceptors (Lipinski definition) is 4. The molecular formula is C21H26Cl2N4OS. The molecule has 1 amide bonds. The Balaban J connectivity index is 1.45. The number of thioether (sulfide) groups is 1. The van der Waals surface area contributed by atoms with E-state index >= 15 is 0 Å². The number of fused-ring (bicyclic) bond motifs is 1. The Hall–Kier alpha value is -1.24. The molecule has 156 valence electrons. The number of amides is 1. The summed E-state index contributed by atoms with van der Waals surface area (Å²) in [5.41, 5.74) is 0. The number of benzene rings is 1. The summed E-state index contributed by atoms with van der Waals surface area (Å²) in [4.78, 5) is 16.0. The van der Waals surface area contributed by atoms with Crippen LogP contribution in [-0.2, 0) is 17.8 Å². The van der Waals surface area contributed by atoms with Crippen LogP contribution in [0.1, 0.15) is 56.6 Å². The first kappa shape index (κ1) is 21.0. The molecule has 0 spiro atoms. The van der Waals surface area contributed by atoms with E-state index in [0.29, 0.717) is 16.6 Å². The van der Waals surface area contributed by atoms with E-state index < -0.39 is 0 Å². The normalized spacial score (nSPS) is 20.8. The molecule has 2 aromatic rings. The Kier molecular flexibility index (Phi) is 6.72. The Bertz CT molecular complexity index is 888. The van der Waals surface area contributed by atoms with Crippen molar-refractivity contribution in [3.05, 3.63) is 39.9 Å². The SMILES string of the molecule is CC(Sc1cc(Cl)ccc1Cl)C(=O)N1CCCC(c2nnc3n2CCCCC3)C1.